The van der Waals surface area contributed by atoms with Gasteiger partial charge in [0, 0.05) is 6.07 Å². The van der Waals surface area contributed by atoms with E-state index in [9.17, 15) is 13.2 Å². The zero-order valence-electron chi connectivity index (χ0n) is 19.9. The van der Waals surface area contributed by atoms with Crippen molar-refractivity contribution in [1.82, 2.24) is 0 Å². The van der Waals surface area contributed by atoms with Crippen LogP contribution in [0.4, 0.5) is 11.4 Å². The smallest absolute Gasteiger partial charge is 0.264 e. The largest absolute Gasteiger partial charge is 0.497 e. The van der Waals surface area contributed by atoms with Gasteiger partial charge in [-0.2, -0.15) is 0 Å². The van der Waals surface area contributed by atoms with Gasteiger partial charge < -0.3 is 14.8 Å². The number of para-hydroxylation sites is 3. The Balaban J connectivity index is 1.63. The SMILES string of the molecule is COc1cccc(N(CC(=O)Nc2ccccc2Oc2ccccc2)S(=O)(=O)c2ccc(C)cc2)c1. The molecule has 0 unspecified atom stereocenters. The number of benzene rings is 4. The molecule has 0 saturated carbocycles. The summed E-state index contributed by atoms with van der Waals surface area (Å²) in [5.74, 6) is 0.988. The van der Waals surface area contributed by atoms with Gasteiger partial charge in [0.1, 0.15) is 18.0 Å². The Morgan fingerprint density at radius 3 is 2.22 bits per heavy atom. The molecule has 8 heteroatoms. The molecule has 36 heavy (non-hydrogen) atoms. The summed E-state index contributed by atoms with van der Waals surface area (Å²) in [4.78, 5) is 13.3. The third kappa shape index (κ3) is 5.84. The highest BCUT2D eigenvalue weighted by atomic mass is 32.2. The summed E-state index contributed by atoms with van der Waals surface area (Å²) < 4.78 is 39.5. The van der Waals surface area contributed by atoms with Gasteiger partial charge in [-0.25, -0.2) is 8.42 Å². The molecule has 0 aliphatic rings. The van der Waals surface area contributed by atoms with Gasteiger partial charge in [-0.1, -0.05) is 54.1 Å². The third-order valence-corrected chi connectivity index (χ3v) is 7.16. The van der Waals surface area contributed by atoms with Crippen LogP contribution >= 0.6 is 0 Å². The molecule has 0 radical (unpaired) electrons. The second kappa shape index (κ2) is 11.0. The van der Waals surface area contributed by atoms with Crippen molar-refractivity contribution < 1.29 is 22.7 Å². The molecule has 0 bridgehead atoms. The van der Waals surface area contributed by atoms with E-state index in [4.69, 9.17) is 9.47 Å². The van der Waals surface area contributed by atoms with Crippen molar-refractivity contribution in [2.24, 2.45) is 0 Å². The quantitative estimate of drug-likeness (QED) is 0.321. The molecule has 0 atom stereocenters. The van der Waals surface area contributed by atoms with Crippen LogP contribution in [0.3, 0.4) is 0 Å². The molecule has 1 N–H and O–H groups in total. The predicted molar refractivity (Wildman–Crippen MR) is 140 cm³/mol. The Morgan fingerprint density at radius 2 is 1.50 bits per heavy atom. The van der Waals surface area contributed by atoms with Crippen molar-refractivity contribution in [3.63, 3.8) is 0 Å². The predicted octanol–water partition coefficient (Wildman–Crippen LogP) is 5.63. The minimum atomic E-state index is -4.06. The number of nitrogens with one attached hydrogen (secondary N) is 1. The fraction of sp³-hybridized carbons (Fsp3) is 0.107. The molecule has 1 amide bonds. The number of aryl methyl sites for hydroxylation is 1. The maximum absolute atomic E-state index is 13.6. The van der Waals surface area contributed by atoms with Crippen LogP contribution in [0.2, 0.25) is 0 Å². The molecular weight excluding hydrogens is 476 g/mol. The van der Waals surface area contributed by atoms with Gasteiger partial charge in [0.15, 0.2) is 5.75 Å². The number of carbonyl (C=O) groups is 1. The van der Waals surface area contributed by atoms with Crippen molar-refractivity contribution in [3.05, 3.63) is 109 Å². The number of ether oxygens (including phenoxy) is 2. The highest BCUT2D eigenvalue weighted by molar-refractivity contribution is 7.92. The minimum absolute atomic E-state index is 0.0801. The Hall–Kier alpha value is -4.30. The summed E-state index contributed by atoms with van der Waals surface area (Å²) in [6.45, 7) is 1.42. The fourth-order valence-corrected chi connectivity index (χ4v) is 4.93. The first kappa shape index (κ1) is 24.8. The zero-order chi connectivity index (χ0) is 25.5. The van der Waals surface area contributed by atoms with Crippen molar-refractivity contribution in [2.45, 2.75) is 11.8 Å². The van der Waals surface area contributed by atoms with E-state index in [1.807, 2.05) is 25.1 Å². The summed E-state index contributed by atoms with van der Waals surface area (Å²) in [7, 11) is -2.56. The third-order valence-electron chi connectivity index (χ3n) is 5.37. The van der Waals surface area contributed by atoms with Crippen LogP contribution in [-0.4, -0.2) is 28.0 Å². The standard InChI is InChI=1S/C28H26N2O5S/c1-21-15-17-25(18-16-21)36(32,33)30(22-9-8-12-24(19-22)34-2)20-28(31)29-26-13-6-7-14-27(26)35-23-10-4-3-5-11-23/h3-19H,20H2,1-2H3,(H,29,31). The van der Waals surface area contributed by atoms with E-state index in [-0.39, 0.29) is 4.90 Å². The lowest BCUT2D eigenvalue weighted by Crippen LogP contribution is -2.38. The van der Waals surface area contributed by atoms with Crippen molar-refractivity contribution >= 4 is 27.3 Å². The van der Waals surface area contributed by atoms with Crippen LogP contribution in [0.1, 0.15) is 5.56 Å². The van der Waals surface area contributed by atoms with Crippen LogP contribution in [0.5, 0.6) is 17.2 Å². The number of methoxy groups -OCH3 is 1. The van der Waals surface area contributed by atoms with E-state index in [0.717, 1.165) is 9.87 Å². The maximum Gasteiger partial charge on any atom is 0.264 e. The van der Waals surface area contributed by atoms with Crippen LogP contribution in [0.25, 0.3) is 0 Å². The highest BCUT2D eigenvalue weighted by Gasteiger charge is 2.28. The van der Waals surface area contributed by atoms with Crippen molar-refractivity contribution in [1.29, 1.82) is 0 Å². The van der Waals surface area contributed by atoms with Gasteiger partial charge in [-0.3, -0.25) is 9.10 Å². The Labute approximate surface area is 211 Å². The normalized spacial score (nSPS) is 10.9. The van der Waals surface area contributed by atoms with Gasteiger partial charge in [-0.05, 0) is 55.5 Å². The van der Waals surface area contributed by atoms with Gasteiger partial charge >= 0.3 is 0 Å². The monoisotopic (exact) mass is 502 g/mol. The van der Waals surface area contributed by atoms with Gasteiger partial charge in [-0.15, -0.1) is 0 Å². The van der Waals surface area contributed by atoms with E-state index in [1.165, 1.54) is 19.2 Å². The molecule has 0 spiro atoms. The second-order valence-electron chi connectivity index (χ2n) is 7.99. The molecule has 7 nitrogen and oxygen atoms in total. The van der Waals surface area contributed by atoms with Crippen molar-refractivity contribution in [2.75, 3.05) is 23.3 Å². The van der Waals surface area contributed by atoms with E-state index in [0.29, 0.717) is 28.6 Å². The number of anilines is 2. The lowest BCUT2D eigenvalue weighted by Gasteiger charge is -2.24. The zero-order valence-corrected chi connectivity index (χ0v) is 20.7. The summed E-state index contributed by atoms with van der Waals surface area (Å²) >= 11 is 0. The Morgan fingerprint density at radius 1 is 0.833 bits per heavy atom. The van der Waals surface area contributed by atoms with E-state index in [2.05, 4.69) is 5.32 Å². The molecule has 0 saturated heterocycles. The molecule has 0 aliphatic heterocycles. The molecule has 0 fully saturated rings. The number of sulfonamides is 1. The minimum Gasteiger partial charge on any atom is -0.497 e. The fourth-order valence-electron chi connectivity index (χ4n) is 3.51. The molecule has 4 aromatic carbocycles. The van der Waals surface area contributed by atoms with Gasteiger partial charge in [0.2, 0.25) is 5.91 Å². The van der Waals surface area contributed by atoms with Crippen LogP contribution in [-0.2, 0) is 14.8 Å². The number of amides is 1. The first-order valence-corrected chi connectivity index (χ1v) is 12.7. The van der Waals surface area contributed by atoms with Gasteiger partial charge in [0.05, 0.1) is 23.4 Å². The first-order valence-electron chi connectivity index (χ1n) is 11.2. The first-order chi connectivity index (χ1) is 17.4. The molecule has 0 heterocycles. The van der Waals surface area contributed by atoms with E-state index in [1.54, 1.807) is 72.8 Å². The molecule has 184 valence electrons. The number of rotatable bonds is 9. The number of nitrogens with zero attached hydrogens (tertiary/aromatic N) is 1. The number of hydrogen-bond donors (Lipinski definition) is 1. The summed E-state index contributed by atoms with van der Waals surface area (Å²) in [6, 6.07) is 29.2. The average Bonchev–Trinajstić information content (AvgIpc) is 2.89. The highest BCUT2D eigenvalue weighted by Crippen LogP contribution is 2.30. The van der Waals surface area contributed by atoms with Gasteiger partial charge in [0.25, 0.3) is 10.0 Å². The number of carbonyl (C=O) groups excluding carboxylic acids is 1. The lowest BCUT2D eigenvalue weighted by molar-refractivity contribution is -0.114. The molecule has 0 aromatic heterocycles. The Kier molecular flexibility index (Phi) is 7.56. The molecule has 4 rings (SSSR count). The van der Waals surface area contributed by atoms with Crippen LogP contribution < -0.4 is 19.1 Å². The van der Waals surface area contributed by atoms with Crippen LogP contribution in [0.15, 0.2) is 108 Å². The van der Waals surface area contributed by atoms with Crippen molar-refractivity contribution in [3.8, 4) is 17.2 Å². The average molecular weight is 503 g/mol. The van der Waals surface area contributed by atoms with E-state index >= 15 is 0 Å². The summed E-state index contributed by atoms with van der Waals surface area (Å²) in [6.07, 6.45) is 0. The van der Waals surface area contributed by atoms with E-state index < -0.39 is 22.5 Å². The van der Waals surface area contributed by atoms with Crippen LogP contribution in [0, 0.1) is 6.92 Å². The molecule has 4 aromatic rings. The molecular formula is C28H26N2O5S. The number of hydrogen-bond acceptors (Lipinski definition) is 5. The topological polar surface area (TPSA) is 84.9 Å². The summed E-state index contributed by atoms with van der Waals surface area (Å²) in [5, 5.41) is 2.79. The lowest BCUT2D eigenvalue weighted by atomic mass is 10.2. The second-order valence-corrected chi connectivity index (χ2v) is 9.85. The maximum atomic E-state index is 13.6. The summed E-state index contributed by atoms with van der Waals surface area (Å²) in [5.41, 5.74) is 1.65. The molecule has 0 aliphatic carbocycles. The Bertz CT molecular complexity index is 1440.